The number of anilines is 2. The maximum absolute atomic E-state index is 6.01. The van der Waals surface area contributed by atoms with Gasteiger partial charge < -0.3 is 15.9 Å². The summed E-state index contributed by atoms with van der Waals surface area (Å²) in [7, 11) is 0. The second-order valence-electron chi connectivity index (χ2n) is 3.15. The monoisotopic (exact) mass is 204 g/mol. The Kier molecular flexibility index (Phi) is 1.33. The molecule has 0 radical (unpaired) electrons. The Balaban J connectivity index is 2.72. The Morgan fingerprint density at radius 2 is 1.93 bits per heavy atom. The molecule has 4 heteroatoms. The van der Waals surface area contributed by atoms with Gasteiger partial charge in [0, 0.05) is 10.8 Å². The molecule has 0 aliphatic rings. The van der Waals surface area contributed by atoms with Crippen molar-refractivity contribution in [1.29, 1.82) is 0 Å². The molecule has 3 nitrogen and oxygen atoms in total. The summed E-state index contributed by atoms with van der Waals surface area (Å²) in [4.78, 5) is 0. The van der Waals surface area contributed by atoms with Gasteiger partial charge in [-0.3, -0.25) is 0 Å². The highest BCUT2D eigenvalue weighted by atomic mass is 32.1. The van der Waals surface area contributed by atoms with Gasteiger partial charge in [0.1, 0.15) is 0 Å². The third-order valence-corrected chi connectivity index (χ3v) is 3.35. The number of furan rings is 1. The van der Waals surface area contributed by atoms with Gasteiger partial charge in [-0.15, -0.1) is 11.3 Å². The minimum absolute atomic E-state index is 0.676. The van der Waals surface area contributed by atoms with Crippen LogP contribution in [0, 0.1) is 0 Å². The van der Waals surface area contributed by atoms with Crippen molar-refractivity contribution in [3.05, 3.63) is 23.8 Å². The zero-order valence-electron chi connectivity index (χ0n) is 7.28. The summed E-state index contributed by atoms with van der Waals surface area (Å²) < 4.78 is 6.34. The highest BCUT2D eigenvalue weighted by Crippen LogP contribution is 2.39. The van der Waals surface area contributed by atoms with Crippen LogP contribution in [0.1, 0.15) is 0 Å². The molecule has 0 amide bonds. The van der Waals surface area contributed by atoms with Gasteiger partial charge in [0.2, 0.25) is 0 Å². The molecule has 0 aliphatic carbocycles. The van der Waals surface area contributed by atoms with E-state index in [2.05, 4.69) is 0 Å². The number of nitrogen functional groups attached to an aromatic ring is 2. The van der Waals surface area contributed by atoms with Gasteiger partial charge in [-0.25, -0.2) is 0 Å². The normalized spacial score (nSPS) is 11.4. The first-order valence-electron chi connectivity index (χ1n) is 4.20. The molecule has 0 saturated carbocycles. The van der Waals surface area contributed by atoms with E-state index in [9.17, 15) is 0 Å². The van der Waals surface area contributed by atoms with Gasteiger partial charge in [-0.05, 0) is 17.5 Å². The molecule has 0 atom stereocenters. The van der Waals surface area contributed by atoms with Crippen LogP contribution in [0.25, 0.3) is 21.1 Å². The number of benzene rings is 1. The lowest BCUT2D eigenvalue weighted by Crippen LogP contribution is -1.91. The molecular weight excluding hydrogens is 196 g/mol. The van der Waals surface area contributed by atoms with E-state index in [1.54, 1.807) is 17.6 Å². The Morgan fingerprint density at radius 3 is 2.79 bits per heavy atom. The average Bonchev–Trinajstić information content (AvgIpc) is 2.82. The van der Waals surface area contributed by atoms with E-state index in [1.165, 1.54) is 0 Å². The first kappa shape index (κ1) is 7.70. The van der Waals surface area contributed by atoms with E-state index in [-0.39, 0.29) is 0 Å². The van der Waals surface area contributed by atoms with E-state index in [1.807, 2.05) is 17.5 Å². The highest BCUT2D eigenvalue weighted by molar-refractivity contribution is 7.18. The van der Waals surface area contributed by atoms with E-state index < -0.39 is 0 Å². The average molecular weight is 204 g/mol. The Labute approximate surface area is 83.9 Å². The number of hydrogen-bond acceptors (Lipinski definition) is 4. The maximum atomic E-state index is 6.01. The molecule has 0 unspecified atom stereocenters. The van der Waals surface area contributed by atoms with Crippen molar-refractivity contribution in [2.45, 2.75) is 0 Å². The van der Waals surface area contributed by atoms with Crippen LogP contribution in [0.5, 0.6) is 0 Å². The summed E-state index contributed by atoms with van der Waals surface area (Å²) in [6, 6.07) is 3.81. The van der Waals surface area contributed by atoms with E-state index >= 15 is 0 Å². The number of hydrogen-bond donors (Lipinski definition) is 2. The summed E-state index contributed by atoms with van der Waals surface area (Å²) in [6.07, 6.45) is 1.61. The minimum atomic E-state index is 0.676. The largest absolute Gasteiger partial charge is 0.462 e. The number of thiophene rings is 1. The quantitative estimate of drug-likeness (QED) is 0.437. The molecule has 0 fully saturated rings. The van der Waals surface area contributed by atoms with Crippen LogP contribution in [0.15, 0.2) is 28.2 Å². The second-order valence-corrected chi connectivity index (χ2v) is 4.07. The fourth-order valence-electron chi connectivity index (χ4n) is 1.70. The molecule has 2 heterocycles. The summed E-state index contributed by atoms with van der Waals surface area (Å²) in [5.74, 6) is 0. The maximum Gasteiger partial charge on any atom is 0.159 e. The standard InChI is InChI=1S/C10H8N2OS/c11-7-6-2-4-14-10(6)8(12)5-1-3-13-9(5)7/h1-4H,11-12H2. The molecule has 70 valence electrons. The number of rotatable bonds is 0. The molecule has 1 aromatic carbocycles. The third kappa shape index (κ3) is 0.761. The predicted molar refractivity (Wildman–Crippen MR) is 60.4 cm³/mol. The Hall–Kier alpha value is -1.68. The van der Waals surface area contributed by atoms with Crippen molar-refractivity contribution in [2.75, 3.05) is 11.5 Å². The first-order valence-corrected chi connectivity index (χ1v) is 5.08. The van der Waals surface area contributed by atoms with Gasteiger partial charge in [-0.1, -0.05) is 0 Å². The van der Waals surface area contributed by atoms with Crippen molar-refractivity contribution in [3.63, 3.8) is 0 Å². The van der Waals surface area contributed by atoms with Gasteiger partial charge in [-0.2, -0.15) is 0 Å². The lowest BCUT2D eigenvalue weighted by molar-refractivity contribution is 0.617. The van der Waals surface area contributed by atoms with E-state index in [0.717, 1.165) is 21.2 Å². The summed E-state index contributed by atoms with van der Waals surface area (Å²) in [5.41, 5.74) is 14.1. The van der Waals surface area contributed by atoms with Crippen molar-refractivity contribution in [2.24, 2.45) is 0 Å². The fourth-order valence-corrected chi connectivity index (χ4v) is 2.59. The van der Waals surface area contributed by atoms with Crippen LogP contribution in [-0.2, 0) is 0 Å². The third-order valence-electron chi connectivity index (χ3n) is 2.40. The number of fused-ring (bicyclic) bond motifs is 2. The van der Waals surface area contributed by atoms with Crippen LogP contribution >= 0.6 is 11.3 Å². The van der Waals surface area contributed by atoms with Crippen LogP contribution < -0.4 is 11.5 Å². The van der Waals surface area contributed by atoms with Crippen LogP contribution in [0.2, 0.25) is 0 Å². The van der Waals surface area contributed by atoms with Crippen molar-refractivity contribution in [1.82, 2.24) is 0 Å². The molecule has 0 spiro atoms. The lowest BCUT2D eigenvalue weighted by atomic mass is 10.1. The fraction of sp³-hybridized carbons (Fsp3) is 0. The molecule has 14 heavy (non-hydrogen) atoms. The van der Waals surface area contributed by atoms with Crippen molar-refractivity contribution < 1.29 is 4.42 Å². The van der Waals surface area contributed by atoms with Gasteiger partial charge in [0.15, 0.2) is 5.58 Å². The van der Waals surface area contributed by atoms with Crippen LogP contribution in [0.3, 0.4) is 0 Å². The SMILES string of the molecule is Nc1c2ccsc2c(N)c2ccoc12. The zero-order valence-corrected chi connectivity index (χ0v) is 8.10. The van der Waals surface area contributed by atoms with Gasteiger partial charge in [0.25, 0.3) is 0 Å². The van der Waals surface area contributed by atoms with Crippen LogP contribution in [0.4, 0.5) is 11.4 Å². The predicted octanol–water partition coefficient (Wildman–Crippen LogP) is 2.81. The molecule has 3 rings (SSSR count). The molecule has 4 N–H and O–H groups in total. The summed E-state index contributed by atoms with van der Waals surface area (Å²) in [5, 5.41) is 3.86. The Morgan fingerprint density at radius 1 is 1.07 bits per heavy atom. The van der Waals surface area contributed by atoms with Crippen molar-refractivity contribution >= 4 is 43.8 Å². The number of nitrogens with two attached hydrogens (primary N) is 2. The smallest absolute Gasteiger partial charge is 0.159 e. The minimum Gasteiger partial charge on any atom is -0.462 e. The molecule has 3 aromatic rings. The first-order chi connectivity index (χ1) is 6.79. The van der Waals surface area contributed by atoms with Crippen molar-refractivity contribution in [3.8, 4) is 0 Å². The summed E-state index contributed by atoms with van der Waals surface area (Å²) >= 11 is 1.60. The summed E-state index contributed by atoms with van der Waals surface area (Å²) in [6.45, 7) is 0. The van der Waals surface area contributed by atoms with Crippen LogP contribution in [-0.4, -0.2) is 0 Å². The lowest BCUT2D eigenvalue weighted by Gasteiger charge is -2.01. The van der Waals surface area contributed by atoms with Gasteiger partial charge >= 0.3 is 0 Å². The van der Waals surface area contributed by atoms with Gasteiger partial charge in [0.05, 0.1) is 22.3 Å². The molecule has 0 saturated heterocycles. The topological polar surface area (TPSA) is 65.2 Å². The molecule has 0 bridgehead atoms. The molecule has 2 aromatic heterocycles. The Bertz CT molecular complexity index is 521. The molecular formula is C10H8N2OS. The van der Waals surface area contributed by atoms with E-state index in [0.29, 0.717) is 11.3 Å². The zero-order chi connectivity index (χ0) is 9.71. The highest BCUT2D eigenvalue weighted by Gasteiger charge is 2.12. The molecule has 0 aliphatic heterocycles. The van der Waals surface area contributed by atoms with E-state index in [4.69, 9.17) is 15.9 Å². The second kappa shape index (κ2) is 2.42.